The Kier molecular flexibility index (Phi) is 2.89. The molecule has 2 nitrogen and oxygen atoms in total. The summed E-state index contributed by atoms with van der Waals surface area (Å²) < 4.78 is 0. The summed E-state index contributed by atoms with van der Waals surface area (Å²) in [5, 5.41) is 17.7. The van der Waals surface area contributed by atoms with Crippen LogP contribution in [0.5, 0.6) is 0 Å². The fourth-order valence-corrected chi connectivity index (χ4v) is 1.80. The number of aryl methyl sites for hydroxylation is 3. The van der Waals surface area contributed by atoms with E-state index in [-0.39, 0.29) is 0 Å². The number of hydrogen-bond acceptors (Lipinski definition) is 2. The van der Waals surface area contributed by atoms with Crippen molar-refractivity contribution >= 4 is 0 Å². The molecule has 0 heterocycles. The van der Waals surface area contributed by atoms with E-state index in [9.17, 15) is 0 Å². The fraction of sp³-hybridized carbons (Fsp3) is 0.333. The van der Waals surface area contributed by atoms with Crippen LogP contribution in [0.2, 0.25) is 0 Å². The highest BCUT2D eigenvalue weighted by molar-refractivity contribution is 5.45. The minimum atomic E-state index is -0.643. The molecule has 0 atom stereocenters. The summed E-state index contributed by atoms with van der Waals surface area (Å²) >= 11 is 0. The van der Waals surface area contributed by atoms with Gasteiger partial charge < -0.3 is 0 Å². The average molecular weight is 184 g/mol. The van der Waals surface area contributed by atoms with Crippen LogP contribution in [0, 0.1) is 43.4 Å². The lowest BCUT2D eigenvalue weighted by molar-refractivity contribution is 1.05. The molecular weight excluding hydrogens is 172 g/mol. The molecule has 0 radical (unpaired) electrons. The van der Waals surface area contributed by atoms with E-state index >= 15 is 0 Å². The second-order valence-electron chi connectivity index (χ2n) is 3.50. The number of nitrogens with zero attached hydrogens (tertiary/aromatic N) is 2. The van der Waals surface area contributed by atoms with Crippen molar-refractivity contribution in [2.24, 2.45) is 0 Å². The normalized spacial score (nSPS) is 9.57. The van der Waals surface area contributed by atoms with Crippen LogP contribution in [0.1, 0.15) is 28.2 Å². The third-order valence-electron chi connectivity index (χ3n) is 2.28. The zero-order chi connectivity index (χ0) is 10.7. The first kappa shape index (κ1) is 10.3. The maximum atomic E-state index is 8.83. The van der Waals surface area contributed by atoms with Gasteiger partial charge in [-0.25, -0.2) is 0 Å². The smallest absolute Gasteiger partial charge is 0.158 e. The van der Waals surface area contributed by atoms with Gasteiger partial charge in [0.2, 0.25) is 0 Å². The van der Waals surface area contributed by atoms with E-state index in [1.165, 1.54) is 5.56 Å². The molecule has 0 N–H and O–H groups in total. The van der Waals surface area contributed by atoms with Gasteiger partial charge in [0, 0.05) is 0 Å². The zero-order valence-electron chi connectivity index (χ0n) is 8.63. The van der Waals surface area contributed by atoms with E-state index in [4.69, 9.17) is 10.5 Å². The number of nitriles is 2. The minimum Gasteiger partial charge on any atom is -0.196 e. The Morgan fingerprint density at radius 1 is 1.00 bits per heavy atom. The van der Waals surface area contributed by atoms with Gasteiger partial charge in [0.05, 0.1) is 12.1 Å². The fourth-order valence-electron chi connectivity index (χ4n) is 1.80. The summed E-state index contributed by atoms with van der Waals surface area (Å²) in [6.07, 6.45) is 0. The maximum Gasteiger partial charge on any atom is 0.158 e. The van der Waals surface area contributed by atoms with Crippen LogP contribution in [-0.2, 0) is 0 Å². The minimum absolute atomic E-state index is 0.643. The summed E-state index contributed by atoms with van der Waals surface area (Å²) in [5.74, 6) is -0.643. The van der Waals surface area contributed by atoms with Crippen LogP contribution in [0.25, 0.3) is 0 Å². The molecule has 14 heavy (non-hydrogen) atoms. The lowest BCUT2D eigenvalue weighted by Gasteiger charge is -2.10. The van der Waals surface area contributed by atoms with Crippen molar-refractivity contribution < 1.29 is 0 Å². The van der Waals surface area contributed by atoms with Gasteiger partial charge in [-0.2, -0.15) is 10.5 Å². The Bertz CT molecular complexity index is 396. The molecule has 2 heteroatoms. The summed E-state index contributed by atoms with van der Waals surface area (Å²) in [6.45, 7) is 5.89. The lowest BCUT2D eigenvalue weighted by Crippen LogP contribution is -1.99. The Labute approximate surface area is 84.4 Å². The third-order valence-corrected chi connectivity index (χ3v) is 2.28. The quantitative estimate of drug-likeness (QED) is 0.673. The third kappa shape index (κ3) is 1.75. The first-order chi connectivity index (χ1) is 6.60. The molecule has 0 bridgehead atoms. The topological polar surface area (TPSA) is 47.6 Å². The van der Waals surface area contributed by atoms with Crippen molar-refractivity contribution in [1.82, 2.24) is 0 Å². The standard InChI is InChI=1S/C12H12N2/c1-8-4-9(2)12(10(3)5-8)11(6-13)7-14/h4-5,11H,1-3H3. The molecule has 0 fully saturated rings. The van der Waals surface area contributed by atoms with Gasteiger partial charge in [0.25, 0.3) is 0 Å². The first-order valence-corrected chi connectivity index (χ1v) is 4.47. The van der Waals surface area contributed by atoms with Gasteiger partial charge in [0.15, 0.2) is 5.92 Å². The molecule has 0 aliphatic carbocycles. The van der Waals surface area contributed by atoms with E-state index in [2.05, 4.69) is 0 Å². The molecule has 0 amide bonds. The molecule has 0 saturated heterocycles. The van der Waals surface area contributed by atoms with Gasteiger partial charge in [0.1, 0.15) is 0 Å². The van der Waals surface area contributed by atoms with E-state index < -0.39 is 5.92 Å². The molecule has 0 unspecified atom stereocenters. The van der Waals surface area contributed by atoms with Gasteiger partial charge in [-0.15, -0.1) is 0 Å². The van der Waals surface area contributed by atoms with E-state index in [1.807, 2.05) is 45.0 Å². The Morgan fingerprint density at radius 2 is 1.43 bits per heavy atom. The van der Waals surface area contributed by atoms with Crippen molar-refractivity contribution in [3.8, 4) is 12.1 Å². The summed E-state index contributed by atoms with van der Waals surface area (Å²) in [4.78, 5) is 0. The summed E-state index contributed by atoms with van der Waals surface area (Å²) in [6, 6.07) is 8.02. The highest BCUT2D eigenvalue weighted by Gasteiger charge is 2.14. The molecular formula is C12H12N2. The highest BCUT2D eigenvalue weighted by atomic mass is 14.3. The number of hydrogen-bond donors (Lipinski definition) is 0. The second-order valence-corrected chi connectivity index (χ2v) is 3.50. The molecule has 70 valence electrons. The van der Waals surface area contributed by atoms with E-state index in [0.29, 0.717) is 0 Å². The molecule has 0 spiro atoms. The van der Waals surface area contributed by atoms with Crippen LogP contribution in [0.3, 0.4) is 0 Å². The van der Waals surface area contributed by atoms with Crippen molar-refractivity contribution in [3.05, 3.63) is 34.4 Å². The SMILES string of the molecule is Cc1cc(C)c(C(C#N)C#N)c(C)c1. The van der Waals surface area contributed by atoms with Gasteiger partial charge in [-0.1, -0.05) is 17.7 Å². The molecule has 0 saturated carbocycles. The van der Waals surface area contributed by atoms with Crippen molar-refractivity contribution in [1.29, 1.82) is 10.5 Å². The molecule has 1 rings (SSSR count). The largest absolute Gasteiger partial charge is 0.196 e. The van der Waals surface area contributed by atoms with E-state index in [0.717, 1.165) is 16.7 Å². The molecule has 0 aliphatic heterocycles. The van der Waals surface area contributed by atoms with Crippen LogP contribution in [-0.4, -0.2) is 0 Å². The van der Waals surface area contributed by atoms with Gasteiger partial charge >= 0.3 is 0 Å². The predicted octanol–water partition coefficient (Wildman–Crippen LogP) is 2.74. The monoisotopic (exact) mass is 184 g/mol. The molecule has 0 aromatic heterocycles. The van der Waals surface area contributed by atoms with Crippen LogP contribution in [0.15, 0.2) is 12.1 Å². The van der Waals surface area contributed by atoms with Crippen LogP contribution < -0.4 is 0 Å². The summed E-state index contributed by atoms with van der Waals surface area (Å²) in [7, 11) is 0. The first-order valence-electron chi connectivity index (χ1n) is 4.47. The number of rotatable bonds is 1. The molecule has 1 aromatic carbocycles. The van der Waals surface area contributed by atoms with Gasteiger partial charge in [-0.3, -0.25) is 0 Å². The Morgan fingerprint density at radius 3 is 1.79 bits per heavy atom. The lowest BCUT2D eigenvalue weighted by atomic mass is 9.91. The van der Waals surface area contributed by atoms with Crippen molar-refractivity contribution in [2.75, 3.05) is 0 Å². The van der Waals surface area contributed by atoms with Crippen LogP contribution in [0.4, 0.5) is 0 Å². The maximum absolute atomic E-state index is 8.83. The Balaban J connectivity index is 3.37. The van der Waals surface area contributed by atoms with Crippen molar-refractivity contribution in [3.63, 3.8) is 0 Å². The predicted molar refractivity (Wildman–Crippen MR) is 54.6 cm³/mol. The van der Waals surface area contributed by atoms with E-state index in [1.54, 1.807) is 0 Å². The molecule has 1 aromatic rings. The summed E-state index contributed by atoms with van der Waals surface area (Å²) in [5.41, 5.74) is 4.07. The average Bonchev–Trinajstić information content (AvgIpc) is 2.10. The van der Waals surface area contributed by atoms with Crippen LogP contribution >= 0.6 is 0 Å². The zero-order valence-corrected chi connectivity index (χ0v) is 8.63. The Hall–Kier alpha value is -1.80. The highest BCUT2D eigenvalue weighted by Crippen LogP contribution is 2.24. The van der Waals surface area contributed by atoms with Crippen molar-refractivity contribution in [2.45, 2.75) is 26.7 Å². The molecule has 0 aliphatic rings. The second kappa shape index (κ2) is 3.94. The number of benzene rings is 1. The van der Waals surface area contributed by atoms with Gasteiger partial charge in [-0.05, 0) is 37.5 Å².